The van der Waals surface area contributed by atoms with Crippen molar-refractivity contribution >= 4 is 46.3 Å². The van der Waals surface area contributed by atoms with Crippen LogP contribution in [-0.2, 0) is 9.59 Å². The number of carbonyl (C=O) groups is 2. The third kappa shape index (κ3) is 4.36. The van der Waals surface area contributed by atoms with Crippen LogP contribution in [0.15, 0.2) is 58.8 Å². The lowest BCUT2D eigenvalue weighted by Crippen LogP contribution is -2.28. The molecular formula is C22H21N3O2S2. The molecule has 1 N–H and O–H groups in total. The van der Waals surface area contributed by atoms with Crippen molar-refractivity contribution in [1.29, 1.82) is 0 Å². The van der Waals surface area contributed by atoms with Gasteiger partial charge in [0, 0.05) is 40.2 Å². The Hall–Kier alpha value is -2.64. The summed E-state index contributed by atoms with van der Waals surface area (Å²) in [5.74, 6) is -0.501. The molecule has 1 aromatic heterocycles. The Morgan fingerprint density at radius 2 is 1.90 bits per heavy atom. The lowest BCUT2D eigenvalue weighted by Gasteiger charge is -2.17. The molecule has 1 atom stereocenters. The first kappa shape index (κ1) is 19.7. The van der Waals surface area contributed by atoms with E-state index in [2.05, 4.69) is 10.3 Å². The van der Waals surface area contributed by atoms with Crippen LogP contribution in [0.25, 0.3) is 11.3 Å². The van der Waals surface area contributed by atoms with Gasteiger partial charge in [-0.05, 0) is 49.6 Å². The van der Waals surface area contributed by atoms with Gasteiger partial charge in [0.1, 0.15) is 0 Å². The van der Waals surface area contributed by atoms with Crippen LogP contribution in [0.5, 0.6) is 0 Å². The number of hydrogen-bond donors (Lipinski definition) is 1. The second-order valence-corrected chi connectivity index (χ2v) is 8.86. The summed E-state index contributed by atoms with van der Waals surface area (Å²) < 4.78 is 0. The first-order valence-electron chi connectivity index (χ1n) is 9.31. The van der Waals surface area contributed by atoms with Gasteiger partial charge in [-0.1, -0.05) is 12.1 Å². The average Bonchev–Trinajstić information content (AvgIpc) is 3.34. The number of carbonyl (C=O) groups excluding carboxylic acids is 2. The molecule has 2 aromatic carbocycles. The molecule has 2 heterocycles. The first-order chi connectivity index (χ1) is 14.0. The Morgan fingerprint density at radius 3 is 2.52 bits per heavy atom. The van der Waals surface area contributed by atoms with Gasteiger partial charge in [-0.25, -0.2) is 4.98 Å². The summed E-state index contributed by atoms with van der Waals surface area (Å²) in [5.41, 5.74) is 3.52. The van der Waals surface area contributed by atoms with Crippen molar-refractivity contribution in [3.63, 3.8) is 0 Å². The zero-order chi connectivity index (χ0) is 20.4. The number of anilines is 2. The molecule has 148 valence electrons. The minimum Gasteiger partial charge on any atom is -0.326 e. The fourth-order valence-corrected chi connectivity index (χ4v) is 4.39. The summed E-state index contributed by atoms with van der Waals surface area (Å²) in [6.45, 7) is 2.38. The number of thiazole rings is 1. The van der Waals surface area contributed by atoms with Gasteiger partial charge in [-0.15, -0.1) is 23.1 Å². The SMILES string of the molecule is CSc1ccc(N2CC(C(=O)Nc3ccc(-c4csc(C)n4)cc3)CC2=O)cc1. The summed E-state index contributed by atoms with van der Waals surface area (Å²) in [6, 6.07) is 15.5. The van der Waals surface area contributed by atoms with E-state index in [0.29, 0.717) is 6.54 Å². The second kappa shape index (κ2) is 8.39. The molecule has 1 unspecified atom stereocenters. The zero-order valence-corrected chi connectivity index (χ0v) is 17.8. The lowest BCUT2D eigenvalue weighted by molar-refractivity contribution is -0.122. The van der Waals surface area contributed by atoms with Crippen LogP contribution in [-0.4, -0.2) is 29.6 Å². The number of hydrogen-bond acceptors (Lipinski definition) is 5. The number of thioether (sulfide) groups is 1. The quantitative estimate of drug-likeness (QED) is 0.597. The Balaban J connectivity index is 1.40. The van der Waals surface area contributed by atoms with Crippen LogP contribution in [0.1, 0.15) is 11.4 Å². The third-order valence-corrected chi connectivity index (χ3v) is 6.46. The maximum atomic E-state index is 12.7. The van der Waals surface area contributed by atoms with Crippen LogP contribution in [0.2, 0.25) is 0 Å². The van der Waals surface area contributed by atoms with E-state index in [1.165, 1.54) is 0 Å². The smallest absolute Gasteiger partial charge is 0.229 e. The van der Waals surface area contributed by atoms with E-state index in [0.717, 1.165) is 32.5 Å². The van der Waals surface area contributed by atoms with Crippen molar-refractivity contribution in [2.45, 2.75) is 18.2 Å². The van der Waals surface area contributed by atoms with Gasteiger partial charge in [-0.2, -0.15) is 0 Å². The number of amides is 2. The average molecular weight is 424 g/mol. The molecule has 1 aliphatic heterocycles. The topological polar surface area (TPSA) is 62.3 Å². The highest BCUT2D eigenvalue weighted by atomic mass is 32.2. The van der Waals surface area contributed by atoms with Crippen LogP contribution in [0, 0.1) is 12.8 Å². The molecule has 0 saturated carbocycles. The van der Waals surface area contributed by atoms with Crippen molar-refractivity contribution in [3.8, 4) is 11.3 Å². The Labute approximate surface area is 178 Å². The highest BCUT2D eigenvalue weighted by Crippen LogP contribution is 2.28. The standard InChI is InChI=1S/C22H21N3O2S2/c1-14-23-20(13-29-14)15-3-5-17(6-4-15)24-22(27)16-11-21(26)25(12-16)18-7-9-19(28-2)10-8-18/h3-10,13,16H,11-12H2,1-2H3,(H,24,27). The summed E-state index contributed by atoms with van der Waals surface area (Å²) in [5, 5.41) is 5.98. The first-order valence-corrected chi connectivity index (χ1v) is 11.4. The van der Waals surface area contributed by atoms with Gasteiger partial charge in [0.15, 0.2) is 0 Å². The van der Waals surface area contributed by atoms with E-state index in [1.54, 1.807) is 28.0 Å². The van der Waals surface area contributed by atoms with E-state index < -0.39 is 0 Å². The minimum absolute atomic E-state index is 0.0173. The number of benzene rings is 2. The second-order valence-electron chi connectivity index (χ2n) is 6.92. The minimum atomic E-state index is -0.358. The summed E-state index contributed by atoms with van der Waals surface area (Å²) in [6.07, 6.45) is 2.24. The van der Waals surface area contributed by atoms with Crippen molar-refractivity contribution in [1.82, 2.24) is 4.98 Å². The normalized spacial score (nSPS) is 16.3. The zero-order valence-electron chi connectivity index (χ0n) is 16.2. The largest absolute Gasteiger partial charge is 0.326 e. The molecule has 5 nitrogen and oxygen atoms in total. The molecule has 2 amide bonds. The van der Waals surface area contributed by atoms with Crippen LogP contribution in [0.4, 0.5) is 11.4 Å². The van der Waals surface area contributed by atoms with E-state index in [4.69, 9.17) is 0 Å². The third-order valence-electron chi connectivity index (χ3n) is 4.95. The van der Waals surface area contributed by atoms with Crippen LogP contribution < -0.4 is 10.2 Å². The Bertz CT molecular complexity index is 1030. The van der Waals surface area contributed by atoms with Crippen molar-refractivity contribution in [2.75, 3.05) is 23.0 Å². The van der Waals surface area contributed by atoms with E-state index in [9.17, 15) is 9.59 Å². The molecule has 0 bridgehead atoms. The van der Waals surface area contributed by atoms with Crippen molar-refractivity contribution in [2.24, 2.45) is 5.92 Å². The predicted molar refractivity (Wildman–Crippen MR) is 120 cm³/mol. The van der Waals surface area contributed by atoms with Gasteiger partial charge < -0.3 is 10.2 Å². The van der Waals surface area contributed by atoms with Gasteiger partial charge in [0.05, 0.1) is 16.6 Å². The molecule has 1 saturated heterocycles. The number of nitrogens with one attached hydrogen (secondary N) is 1. The lowest BCUT2D eigenvalue weighted by atomic mass is 10.1. The monoisotopic (exact) mass is 423 g/mol. The summed E-state index contributed by atoms with van der Waals surface area (Å²) in [4.78, 5) is 32.4. The summed E-state index contributed by atoms with van der Waals surface area (Å²) in [7, 11) is 0. The molecule has 0 spiro atoms. The molecule has 7 heteroatoms. The fourth-order valence-electron chi connectivity index (χ4n) is 3.36. The summed E-state index contributed by atoms with van der Waals surface area (Å²) >= 11 is 3.27. The number of aryl methyl sites for hydroxylation is 1. The molecule has 4 rings (SSSR count). The number of aromatic nitrogens is 1. The molecule has 0 aliphatic carbocycles. The van der Waals surface area contributed by atoms with E-state index in [1.807, 2.05) is 67.1 Å². The Morgan fingerprint density at radius 1 is 1.17 bits per heavy atom. The predicted octanol–water partition coefficient (Wildman–Crippen LogP) is 4.83. The molecular weight excluding hydrogens is 402 g/mol. The van der Waals surface area contributed by atoms with Gasteiger partial charge in [-0.3, -0.25) is 9.59 Å². The molecule has 1 fully saturated rings. The van der Waals surface area contributed by atoms with Gasteiger partial charge in [0.25, 0.3) is 0 Å². The highest BCUT2D eigenvalue weighted by Gasteiger charge is 2.35. The fraction of sp³-hybridized carbons (Fsp3) is 0.227. The van der Waals surface area contributed by atoms with Crippen LogP contribution >= 0.6 is 23.1 Å². The molecule has 3 aromatic rings. The molecule has 1 aliphatic rings. The Kier molecular flexibility index (Phi) is 5.69. The number of rotatable bonds is 5. The maximum Gasteiger partial charge on any atom is 0.229 e. The van der Waals surface area contributed by atoms with E-state index >= 15 is 0 Å². The molecule has 0 radical (unpaired) electrons. The van der Waals surface area contributed by atoms with Gasteiger partial charge >= 0.3 is 0 Å². The van der Waals surface area contributed by atoms with Gasteiger partial charge in [0.2, 0.25) is 11.8 Å². The molecule has 29 heavy (non-hydrogen) atoms. The highest BCUT2D eigenvalue weighted by molar-refractivity contribution is 7.98. The van der Waals surface area contributed by atoms with Crippen molar-refractivity contribution in [3.05, 3.63) is 58.9 Å². The van der Waals surface area contributed by atoms with Crippen molar-refractivity contribution < 1.29 is 9.59 Å². The van der Waals surface area contributed by atoms with Crippen LogP contribution in [0.3, 0.4) is 0 Å². The van der Waals surface area contributed by atoms with E-state index in [-0.39, 0.29) is 24.2 Å². The number of nitrogens with zero attached hydrogens (tertiary/aromatic N) is 2. The maximum absolute atomic E-state index is 12.7.